The van der Waals surface area contributed by atoms with E-state index in [1.807, 2.05) is 39.0 Å². The number of esters is 1. The van der Waals surface area contributed by atoms with E-state index in [1.165, 1.54) is 0 Å². The number of fused-ring (bicyclic) bond motifs is 9. The van der Waals surface area contributed by atoms with Crippen molar-refractivity contribution < 1.29 is 41.6 Å². The van der Waals surface area contributed by atoms with Crippen molar-refractivity contribution in [2.45, 2.75) is 64.6 Å². The van der Waals surface area contributed by atoms with E-state index in [-0.39, 0.29) is 54.6 Å². The number of hydrogen-bond donors (Lipinski definition) is 2. The minimum absolute atomic E-state index is 0. The number of hydrogen-bond acceptors (Lipinski definition) is 4. The van der Waals surface area contributed by atoms with Crippen LogP contribution in [-0.2, 0) is 31.4 Å². The average molecular weight is 635 g/mol. The third-order valence-electron chi connectivity index (χ3n) is 9.36. The van der Waals surface area contributed by atoms with Crippen molar-refractivity contribution in [3.05, 3.63) is 115 Å². The van der Waals surface area contributed by atoms with Crippen molar-refractivity contribution in [3.63, 3.8) is 0 Å². The molecular formula is C34H34FeN4O5. The SMILES string of the molecule is C=Cc1c2[n-]c(c1C)C=C1[N-]C(=C(C)C1C=C)C=C1[N-]C(=C(CCC(=O)O)C1C)C=C1[N-]C(=C2)C(C)(O)C12CCC(=O)O2.[Fe+4]. The van der Waals surface area contributed by atoms with Crippen molar-refractivity contribution in [2.75, 3.05) is 0 Å². The van der Waals surface area contributed by atoms with Crippen LogP contribution in [0.1, 0.15) is 69.0 Å². The second-order valence-corrected chi connectivity index (χ2v) is 11.8. The Kier molecular flexibility index (Phi) is 7.99. The quantitative estimate of drug-likeness (QED) is 0.206. The number of nitrogens with zero attached hydrogens (tertiary/aromatic N) is 4. The van der Waals surface area contributed by atoms with Gasteiger partial charge in [-0.3, -0.25) is 9.59 Å². The Morgan fingerprint density at radius 1 is 1.07 bits per heavy atom. The zero-order valence-corrected chi connectivity index (χ0v) is 26.2. The van der Waals surface area contributed by atoms with Gasteiger partial charge in [0.25, 0.3) is 0 Å². The van der Waals surface area contributed by atoms with Crippen molar-refractivity contribution in [2.24, 2.45) is 11.8 Å². The van der Waals surface area contributed by atoms with Crippen molar-refractivity contribution in [3.8, 4) is 0 Å². The number of carboxylic acids is 1. The van der Waals surface area contributed by atoms with Gasteiger partial charge in [0.2, 0.25) is 0 Å². The van der Waals surface area contributed by atoms with Gasteiger partial charge in [0.05, 0.1) is 0 Å². The number of ether oxygens (including phenoxy) is 1. The Morgan fingerprint density at radius 3 is 2.43 bits per heavy atom. The Balaban J connectivity index is 0.00000384. The number of rotatable bonds is 5. The van der Waals surface area contributed by atoms with Crippen molar-refractivity contribution in [1.29, 1.82) is 0 Å². The maximum atomic E-state index is 12.5. The number of aliphatic carboxylic acids is 1. The Bertz CT molecular complexity index is 1680. The Labute approximate surface area is 267 Å². The van der Waals surface area contributed by atoms with Gasteiger partial charge in [-0.05, 0) is 38.7 Å². The molecule has 4 atom stereocenters. The summed E-state index contributed by atoms with van der Waals surface area (Å²) >= 11 is 0. The van der Waals surface area contributed by atoms with E-state index in [2.05, 4.69) is 13.2 Å². The van der Waals surface area contributed by atoms with Gasteiger partial charge < -0.3 is 35.9 Å². The predicted molar refractivity (Wildman–Crippen MR) is 165 cm³/mol. The second-order valence-electron chi connectivity index (χ2n) is 11.8. The topological polar surface area (TPSA) is 140 Å². The molecule has 0 saturated carbocycles. The molecule has 1 spiro atoms. The summed E-state index contributed by atoms with van der Waals surface area (Å²) in [6.07, 6.45) is 11.5. The molecule has 6 rings (SSSR count). The normalized spacial score (nSPS) is 28.7. The van der Waals surface area contributed by atoms with Gasteiger partial charge in [0, 0.05) is 25.2 Å². The number of allylic oxidation sites excluding steroid dienone is 4. The van der Waals surface area contributed by atoms with Crippen LogP contribution in [0, 0.1) is 18.8 Å². The molecule has 228 valence electrons. The molecule has 9 nitrogen and oxygen atoms in total. The van der Waals surface area contributed by atoms with Gasteiger partial charge >= 0.3 is 29.0 Å². The van der Waals surface area contributed by atoms with Crippen molar-refractivity contribution >= 4 is 30.2 Å². The molecule has 8 bridgehead atoms. The van der Waals surface area contributed by atoms with E-state index in [0.29, 0.717) is 22.8 Å². The van der Waals surface area contributed by atoms with E-state index >= 15 is 0 Å². The number of carbonyl (C=O) groups excluding carboxylic acids is 1. The number of aliphatic hydroxyl groups is 1. The first-order valence-corrected chi connectivity index (χ1v) is 14.4. The first kappa shape index (κ1) is 31.4. The molecule has 1 aromatic heterocycles. The standard InChI is InChI=1S/C34H34N4O5.Fe/c1-7-20-17(3)23-13-24-19(5)22(9-10-31(39)40)28(37-24)16-30-34(12-11-32(41)43-34)33(6,42)29(38-30)15-27-21(8-2)18(4)25(36-27)14-26(20)35-23;/h7-8,13-16,19-20,42H,1-2,9-12H2,3-6H3,(H,39,40);/q-4;+4. The van der Waals surface area contributed by atoms with Gasteiger partial charge in [-0.15, -0.1) is 46.5 Å². The van der Waals surface area contributed by atoms with Gasteiger partial charge in [0.1, 0.15) is 11.2 Å². The smallest absolute Gasteiger partial charge is 0.661 e. The maximum absolute atomic E-state index is 12.5. The van der Waals surface area contributed by atoms with Crippen LogP contribution < -0.4 is 4.98 Å². The fourth-order valence-electron chi connectivity index (χ4n) is 6.68. The van der Waals surface area contributed by atoms with Gasteiger partial charge in [-0.2, -0.15) is 5.70 Å². The molecule has 5 aliphatic rings. The van der Waals surface area contributed by atoms with E-state index in [4.69, 9.17) is 25.7 Å². The molecule has 44 heavy (non-hydrogen) atoms. The molecule has 0 radical (unpaired) electrons. The van der Waals surface area contributed by atoms with E-state index in [1.54, 1.807) is 25.2 Å². The summed E-state index contributed by atoms with van der Waals surface area (Å²) < 4.78 is 5.90. The molecule has 2 fully saturated rings. The molecule has 6 heterocycles. The molecule has 10 heteroatoms. The van der Waals surface area contributed by atoms with Crippen molar-refractivity contribution in [1.82, 2.24) is 4.98 Å². The van der Waals surface area contributed by atoms with E-state index in [0.717, 1.165) is 45.1 Å². The molecule has 2 saturated heterocycles. The fraction of sp³-hybridized carbons (Fsp3) is 0.353. The zero-order valence-electron chi connectivity index (χ0n) is 25.1. The summed E-state index contributed by atoms with van der Waals surface area (Å²) in [6, 6.07) is 0. The number of aromatic nitrogens is 1. The number of carboxylic acid groups (broad SMARTS) is 1. The fourth-order valence-corrected chi connectivity index (χ4v) is 6.68. The minimum Gasteiger partial charge on any atom is -0.661 e. The summed E-state index contributed by atoms with van der Waals surface area (Å²) in [5.74, 6) is -1.65. The third-order valence-corrected chi connectivity index (χ3v) is 9.36. The van der Waals surface area contributed by atoms with Crippen LogP contribution in [0.25, 0.3) is 34.2 Å². The van der Waals surface area contributed by atoms with Crippen LogP contribution in [0.3, 0.4) is 0 Å². The monoisotopic (exact) mass is 634 g/mol. The minimum atomic E-state index is -1.67. The second kappa shape index (κ2) is 11.2. The number of carbonyl (C=O) groups is 2. The van der Waals surface area contributed by atoms with Crippen LogP contribution >= 0.6 is 0 Å². The maximum Gasteiger partial charge on any atom is 4.00 e. The molecule has 5 aliphatic heterocycles. The molecule has 4 unspecified atom stereocenters. The van der Waals surface area contributed by atoms with Gasteiger partial charge in [-0.1, -0.05) is 66.7 Å². The van der Waals surface area contributed by atoms with E-state index < -0.39 is 23.1 Å². The molecule has 2 N–H and O–H groups in total. The van der Waals surface area contributed by atoms with Gasteiger partial charge in [-0.25, -0.2) is 0 Å². The summed E-state index contributed by atoms with van der Waals surface area (Å²) in [7, 11) is 0. The van der Waals surface area contributed by atoms with Crippen LogP contribution in [0.15, 0.2) is 76.7 Å². The molecule has 1 aromatic rings. The van der Waals surface area contributed by atoms with Crippen LogP contribution in [0.4, 0.5) is 0 Å². The summed E-state index contributed by atoms with van der Waals surface area (Å²) in [6.45, 7) is 15.6. The van der Waals surface area contributed by atoms with Crippen LogP contribution in [0.5, 0.6) is 0 Å². The summed E-state index contributed by atoms with van der Waals surface area (Å²) in [5.41, 5.74) is 5.27. The van der Waals surface area contributed by atoms with Crippen LogP contribution in [-0.4, -0.2) is 33.4 Å². The average Bonchev–Trinajstić information content (AvgIpc) is 3.69. The van der Waals surface area contributed by atoms with Crippen LogP contribution in [0.2, 0.25) is 0 Å². The zero-order chi connectivity index (χ0) is 30.8. The molecule has 0 aliphatic carbocycles. The first-order valence-electron chi connectivity index (χ1n) is 14.4. The predicted octanol–water partition coefficient (Wildman–Crippen LogP) is 6.88. The molecule has 0 aromatic carbocycles. The Morgan fingerprint density at radius 2 is 1.80 bits per heavy atom. The summed E-state index contributed by atoms with van der Waals surface area (Å²) in [5, 5.41) is 36.3. The molecule has 0 amide bonds. The third kappa shape index (κ3) is 4.72. The first-order chi connectivity index (χ1) is 20.4. The van der Waals surface area contributed by atoms with Gasteiger partial charge in [0.15, 0.2) is 0 Å². The summed E-state index contributed by atoms with van der Waals surface area (Å²) in [4.78, 5) is 29.0. The largest absolute Gasteiger partial charge is 4.00 e. The van der Waals surface area contributed by atoms with E-state index in [9.17, 15) is 19.8 Å². The Hall–Kier alpha value is -3.98. The molecular weight excluding hydrogens is 600 g/mol.